The molecule has 0 radical (unpaired) electrons. The van der Waals surface area contributed by atoms with Crippen molar-refractivity contribution in [3.63, 3.8) is 0 Å². The number of benzene rings is 1. The summed E-state index contributed by atoms with van der Waals surface area (Å²) in [5.74, 6) is 0.778. The Morgan fingerprint density at radius 2 is 2.24 bits per heavy atom. The van der Waals surface area contributed by atoms with Crippen LogP contribution in [0.25, 0.3) is 0 Å². The minimum Gasteiger partial charge on any atom is -0.494 e. The molecule has 3 heteroatoms. The summed E-state index contributed by atoms with van der Waals surface area (Å²) in [7, 11) is 1.49. The second-order valence-electron chi connectivity index (χ2n) is 4.83. The number of hydrogen-bond donors (Lipinski definition) is 1. The van der Waals surface area contributed by atoms with Crippen molar-refractivity contribution in [2.24, 2.45) is 5.92 Å². The molecule has 0 heterocycles. The first-order valence-corrected chi connectivity index (χ1v) is 6.27. The quantitative estimate of drug-likeness (QED) is 0.868. The number of halogens is 1. The van der Waals surface area contributed by atoms with E-state index in [1.165, 1.54) is 26.4 Å². The number of rotatable bonds is 4. The van der Waals surface area contributed by atoms with Crippen molar-refractivity contribution in [3.05, 3.63) is 29.6 Å². The van der Waals surface area contributed by atoms with Crippen LogP contribution in [0, 0.1) is 11.7 Å². The Morgan fingerprint density at radius 3 is 2.88 bits per heavy atom. The van der Waals surface area contributed by atoms with Gasteiger partial charge in [0, 0.05) is 18.2 Å². The molecule has 0 saturated heterocycles. The third-order valence-corrected chi connectivity index (χ3v) is 3.68. The third-order valence-electron chi connectivity index (χ3n) is 3.68. The summed E-state index contributed by atoms with van der Waals surface area (Å²) < 4.78 is 18.9. The molecule has 0 bridgehead atoms. The predicted molar refractivity (Wildman–Crippen MR) is 66.6 cm³/mol. The fraction of sp³-hybridized carbons (Fsp3) is 0.571. The van der Waals surface area contributed by atoms with Crippen molar-refractivity contribution < 1.29 is 9.13 Å². The van der Waals surface area contributed by atoms with Crippen LogP contribution in [0.1, 0.15) is 31.7 Å². The highest BCUT2D eigenvalue weighted by atomic mass is 19.1. The van der Waals surface area contributed by atoms with Crippen molar-refractivity contribution in [2.75, 3.05) is 7.11 Å². The molecule has 0 aromatic heterocycles. The monoisotopic (exact) mass is 237 g/mol. The van der Waals surface area contributed by atoms with Gasteiger partial charge in [0.05, 0.1) is 7.11 Å². The van der Waals surface area contributed by atoms with Crippen molar-refractivity contribution in [1.82, 2.24) is 5.32 Å². The molecule has 2 rings (SSSR count). The lowest BCUT2D eigenvalue weighted by molar-refractivity contribution is 0.379. The van der Waals surface area contributed by atoms with Crippen LogP contribution in [0.3, 0.4) is 0 Å². The van der Waals surface area contributed by atoms with E-state index in [1.54, 1.807) is 6.07 Å². The summed E-state index contributed by atoms with van der Waals surface area (Å²) in [4.78, 5) is 0. The maximum absolute atomic E-state index is 13.9. The SMILES string of the molecule is COc1cccc(CNC2CCCC2C)c1F. The molecule has 0 amide bonds. The van der Waals surface area contributed by atoms with E-state index in [9.17, 15) is 4.39 Å². The molecule has 2 nitrogen and oxygen atoms in total. The zero-order valence-corrected chi connectivity index (χ0v) is 10.5. The lowest BCUT2D eigenvalue weighted by atomic mass is 10.1. The van der Waals surface area contributed by atoms with Gasteiger partial charge < -0.3 is 10.1 Å². The molecule has 17 heavy (non-hydrogen) atoms. The standard InChI is InChI=1S/C14H20FNO/c1-10-5-3-7-12(10)16-9-11-6-4-8-13(17-2)14(11)15/h4,6,8,10,12,16H,3,5,7,9H2,1-2H3. The summed E-state index contributed by atoms with van der Waals surface area (Å²) >= 11 is 0. The van der Waals surface area contributed by atoms with Crippen LogP contribution < -0.4 is 10.1 Å². The van der Waals surface area contributed by atoms with Gasteiger partial charge in [-0.3, -0.25) is 0 Å². The number of methoxy groups -OCH3 is 1. The Labute approximate surface area is 102 Å². The molecule has 0 aliphatic heterocycles. The van der Waals surface area contributed by atoms with Gasteiger partial charge in [0.15, 0.2) is 11.6 Å². The van der Waals surface area contributed by atoms with E-state index in [0.717, 1.165) is 0 Å². The van der Waals surface area contributed by atoms with E-state index >= 15 is 0 Å². The molecule has 2 unspecified atom stereocenters. The molecule has 1 aliphatic rings. The Bertz CT molecular complexity index is 380. The second-order valence-corrected chi connectivity index (χ2v) is 4.83. The summed E-state index contributed by atoms with van der Waals surface area (Å²) in [6, 6.07) is 5.82. The summed E-state index contributed by atoms with van der Waals surface area (Å²) in [6.07, 6.45) is 3.75. The highest BCUT2D eigenvalue weighted by Gasteiger charge is 2.22. The van der Waals surface area contributed by atoms with E-state index < -0.39 is 0 Å². The Hall–Kier alpha value is -1.09. The molecule has 1 aromatic carbocycles. The molecule has 1 N–H and O–H groups in total. The molecular weight excluding hydrogens is 217 g/mol. The maximum atomic E-state index is 13.9. The smallest absolute Gasteiger partial charge is 0.169 e. The first-order valence-electron chi connectivity index (χ1n) is 6.27. The van der Waals surface area contributed by atoms with Crippen LogP contribution in [0.2, 0.25) is 0 Å². The van der Waals surface area contributed by atoms with E-state index in [0.29, 0.717) is 29.8 Å². The lowest BCUT2D eigenvalue weighted by Gasteiger charge is -2.17. The van der Waals surface area contributed by atoms with Gasteiger partial charge >= 0.3 is 0 Å². The molecular formula is C14H20FNO. The maximum Gasteiger partial charge on any atom is 0.169 e. The zero-order valence-electron chi connectivity index (χ0n) is 10.5. The topological polar surface area (TPSA) is 21.3 Å². The largest absolute Gasteiger partial charge is 0.494 e. The van der Waals surface area contributed by atoms with Gasteiger partial charge in [0.25, 0.3) is 0 Å². The Balaban J connectivity index is 1.99. The number of ether oxygens (including phenoxy) is 1. The number of hydrogen-bond acceptors (Lipinski definition) is 2. The average molecular weight is 237 g/mol. The van der Waals surface area contributed by atoms with Crippen molar-refractivity contribution in [2.45, 2.75) is 38.8 Å². The fourth-order valence-corrected chi connectivity index (χ4v) is 2.54. The minimum absolute atomic E-state index is 0.242. The average Bonchev–Trinajstić information content (AvgIpc) is 2.74. The summed E-state index contributed by atoms with van der Waals surface area (Å²) in [5, 5.41) is 3.44. The van der Waals surface area contributed by atoms with Gasteiger partial charge in [-0.1, -0.05) is 25.5 Å². The van der Waals surface area contributed by atoms with Crippen LogP contribution in [-0.4, -0.2) is 13.2 Å². The second kappa shape index (κ2) is 5.50. The predicted octanol–water partition coefficient (Wildman–Crippen LogP) is 3.11. The Morgan fingerprint density at radius 1 is 1.41 bits per heavy atom. The van der Waals surface area contributed by atoms with Gasteiger partial charge in [-0.15, -0.1) is 0 Å². The molecule has 1 aromatic rings. The van der Waals surface area contributed by atoms with Crippen LogP contribution in [0.5, 0.6) is 5.75 Å². The zero-order chi connectivity index (χ0) is 12.3. The first-order chi connectivity index (χ1) is 8.22. The number of nitrogens with one attached hydrogen (secondary N) is 1. The van der Waals surface area contributed by atoms with Crippen LogP contribution in [0.15, 0.2) is 18.2 Å². The van der Waals surface area contributed by atoms with Gasteiger partial charge in [-0.2, -0.15) is 0 Å². The molecule has 2 atom stereocenters. The highest BCUT2D eigenvalue weighted by molar-refractivity contribution is 5.30. The van der Waals surface area contributed by atoms with Gasteiger partial charge in [-0.05, 0) is 24.8 Å². The van der Waals surface area contributed by atoms with Gasteiger partial charge in [-0.25, -0.2) is 4.39 Å². The van der Waals surface area contributed by atoms with E-state index in [-0.39, 0.29) is 5.82 Å². The molecule has 94 valence electrons. The van der Waals surface area contributed by atoms with Gasteiger partial charge in [0.1, 0.15) is 0 Å². The van der Waals surface area contributed by atoms with Crippen LogP contribution in [0.4, 0.5) is 4.39 Å². The van der Waals surface area contributed by atoms with Crippen molar-refractivity contribution >= 4 is 0 Å². The van der Waals surface area contributed by atoms with Crippen molar-refractivity contribution in [3.8, 4) is 5.75 Å². The van der Waals surface area contributed by atoms with Crippen LogP contribution in [-0.2, 0) is 6.54 Å². The normalized spacial score (nSPS) is 23.9. The van der Waals surface area contributed by atoms with E-state index in [4.69, 9.17) is 4.74 Å². The van der Waals surface area contributed by atoms with Crippen LogP contribution >= 0.6 is 0 Å². The minimum atomic E-state index is -0.242. The summed E-state index contributed by atoms with van der Waals surface area (Å²) in [6.45, 7) is 2.84. The molecule has 0 spiro atoms. The van der Waals surface area contributed by atoms with E-state index in [2.05, 4.69) is 12.2 Å². The molecule has 1 fully saturated rings. The fourth-order valence-electron chi connectivity index (χ4n) is 2.54. The summed E-state index contributed by atoms with van der Waals surface area (Å²) in [5.41, 5.74) is 0.684. The Kier molecular flexibility index (Phi) is 4.00. The van der Waals surface area contributed by atoms with Gasteiger partial charge in [0.2, 0.25) is 0 Å². The third kappa shape index (κ3) is 2.78. The highest BCUT2D eigenvalue weighted by Crippen LogP contribution is 2.26. The first kappa shape index (κ1) is 12.4. The van der Waals surface area contributed by atoms with Crippen molar-refractivity contribution in [1.29, 1.82) is 0 Å². The molecule has 1 aliphatic carbocycles. The van der Waals surface area contributed by atoms with E-state index in [1.807, 2.05) is 12.1 Å². The molecule has 1 saturated carbocycles. The lowest BCUT2D eigenvalue weighted by Crippen LogP contribution is -2.30.